The van der Waals surface area contributed by atoms with Crippen molar-refractivity contribution in [2.24, 2.45) is 0 Å². The molecule has 0 spiro atoms. The van der Waals surface area contributed by atoms with Gasteiger partial charge in [-0.2, -0.15) is 10.4 Å². The van der Waals surface area contributed by atoms with Crippen LogP contribution >= 0.6 is 11.6 Å². The molecule has 0 saturated heterocycles. The number of halogens is 3. The van der Waals surface area contributed by atoms with E-state index in [1.165, 1.54) is 18.6 Å². The molecule has 0 bridgehead atoms. The van der Waals surface area contributed by atoms with Crippen molar-refractivity contribution in [1.29, 1.82) is 5.26 Å². The zero-order chi connectivity index (χ0) is 15.0. The molecule has 0 aliphatic rings. The number of alkyl halides is 2. The van der Waals surface area contributed by atoms with Gasteiger partial charge in [-0.3, -0.25) is 9.08 Å². The Morgan fingerprint density at radius 3 is 2.90 bits per heavy atom. The summed E-state index contributed by atoms with van der Waals surface area (Å²) >= 11 is 5.93. The van der Waals surface area contributed by atoms with Gasteiger partial charge >= 0.3 is 0 Å². The maximum Gasteiger partial charge on any atom is 0.257 e. The van der Waals surface area contributed by atoms with Crippen molar-refractivity contribution >= 4 is 17.2 Å². The monoisotopic (exact) mass is 308 g/mol. The Labute approximate surface area is 122 Å². The van der Waals surface area contributed by atoms with E-state index >= 15 is 0 Å². The lowest BCUT2D eigenvalue weighted by atomic mass is 10.2. The van der Waals surface area contributed by atoms with Gasteiger partial charge in [-0.1, -0.05) is 11.6 Å². The maximum absolute atomic E-state index is 12.4. The summed E-state index contributed by atoms with van der Waals surface area (Å²) in [6.45, 7) is -0.576. The lowest BCUT2D eigenvalue weighted by Crippen LogP contribution is -2.06. The van der Waals surface area contributed by atoms with Crippen molar-refractivity contribution < 1.29 is 8.78 Å². The highest BCUT2D eigenvalue weighted by atomic mass is 35.5. The minimum absolute atomic E-state index is 0.0467. The van der Waals surface area contributed by atoms with Gasteiger partial charge in [0, 0.05) is 18.6 Å². The SMILES string of the molecule is N#Cc1nn(CC(F)F)cc1-c1cnc2c(Cl)nccn12. The molecule has 0 amide bonds. The molecule has 0 radical (unpaired) electrons. The van der Waals surface area contributed by atoms with E-state index in [9.17, 15) is 8.78 Å². The Bertz CT molecular complexity index is 847. The molecular weight excluding hydrogens is 302 g/mol. The fourth-order valence-corrected chi connectivity index (χ4v) is 2.21. The maximum atomic E-state index is 12.4. The number of nitrogens with zero attached hydrogens (tertiary/aromatic N) is 6. The first-order valence-electron chi connectivity index (χ1n) is 5.84. The second-order valence-corrected chi connectivity index (χ2v) is 4.53. The Balaban J connectivity index is 2.16. The summed E-state index contributed by atoms with van der Waals surface area (Å²) in [7, 11) is 0. The molecule has 3 heterocycles. The molecule has 6 nitrogen and oxygen atoms in total. The van der Waals surface area contributed by atoms with Crippen LogP contribution in [0.3, 0.4) is 0 Å². The van der Waals surface area contributed by atoms with E-state index in [-0.39, 0.29) is 10.8 Å². The lowest BCUT2D eigenvalue weighted by molar-refractivity contribution is 0.122. The standard InChI is InChI=1S/C12H7ClF2N6/c13-11-12-18-4-9(21(12)2-1-17-11)7-5-20(6-10(14)15)19-8(7)3-16/h1-2,4-5,10H,6H2. The summed E-state index contributed by atoms with van der Waals surface area (Å²) in [5.74, 6) is 0. The highest BCUT2D eigenvalue weighted by molar-refractivity contribution is 6.32. The van der Waals surface area contributed by atoms with Gasteiger partial charge in [0.2, 0.25) is 0 Å². The number of aromatic nitrogens is 5. The van der Waals surface area contributed by atoms with Gasteiger partial charge < -0.3 is 0 Å². The molecule has 3 aromatic rings. The van der Waals surface area contributed by atoms with Crippen molar-refractivity contribution in [2.45, 2.75) is 13.0 Å². The van der Waals surface area contributed by atoms with E-state index in [0.29, 0.717) is 16.9 Å². The molecule has 0 saturated carbocycles. The minimum atomic E-state index is -2.55. The average Bonchev–Trinajstić information content (AvgIpc) is 3.02. The van der Waals surface area contributed by atoms with Crippen molar-refractivity contribution in [3.8, 4) is 17.3 Å². The molecule has 106 valence electrons. The molecule has 0 aliphatic carbocycles. The minimum Gasteiger partial charge on any atom is -0.295 e. The average molecular weight is 309 g/mol. The largest absolute Gasteiger partial charge is 0.295 e. The Hall–Kier alpha value is -2.53. The third-order valence-corrected chi connectivity index (χ3v) is 3.12. The second kappa shape index (κ2) is 5.10. The highest BCUT2D eigenvalue weighted by Crippen LogP contribution is 2.25. The first kappa shape index (κ1) is 13.5. The second-order valence-electron chi connectivity index (χ2n) is 4.17. The van der Waals surface area contributed by atoms with Crippen LogP contribution in [0.25, 0.3) is 16.9 Å². The lowest BCUT2D eigenvalue weighted by Gasteiger charge is -2.00. The predicted octanol–water partition coefficient (Wildman–Crippen LogP) is 2.38. The molecule has 0 N–H and O–H groups in total. The third kappa shape index (κ3) is 2.32. The first-order chi connectivity index (χ1) is 10.1. The number of imidazole rings is 1. The molecule has 9 heteroatoms. The fraction of sp³-hybridized carbons (Fsp3) is 0.167. The van der Waals surface area contributed by atoms with Crippen LogP contribution < -0.4 is 0 Å². The predicted molar refractivity (Wildman–Crippen MR) is 69.9 cm³/mol. The van der Waals surface area contributed by atoms with Gasteiger partial charge in [-0.05, 0) is 0 Å². The van der Waals surface area contributed by atoms with Crippen LogP contribution in [0.2, 0.25) is 5.15 Å². The molecule has 0 atom stereocenters. The van der Waals surface area contributed by atoms with Crippen molar-refractivity contribution in [3.63, 3.8) is 0 Å². The molecule has 0 aromatic carbocycles. The molecule has 0 aliphatic heterocycles. The summed E-state index contributed by atoms with van der Waals surface area (Å²) in [5, 5.41) is 13.2. The van der Waals surface area contributed by atoms with Crippen LogP contribution in [0.5, 0.6) is 0 Å². The molecule has 3 aromatic heterocycles. The van der Waals surface area contributed by atoms with Crippen LogP contribution in [-0.2, 0) is 6.54 Å². The van der Waals surface area contributed by atoms with Crippen LogP contribution in [0, 0.1) is 11.3 Å². The normalized spacial score (nSPS) is 11.2. The van der Waals surface area contributed by atoms with Gasteiger partial charge in [0.15, 0.2) is 16.5 Å². The smallest absolute Gasteiger partial charge is 0.257 e. The van der Waals surface area contributed by atoms with Gasteiger partial charge in [-0.15, -0.1) is 0 Å². The molecule has 0 unspecified atom stereocenters. The summed E-state index contributed by atoms with van der Waals surface area (Å²) in [6.07, 6.45) is 3.44. The number of hydrogen-bond acceptors (Lipinski definition) is 4. The highest BCUT2D eigenvalue weighted by Gasteiger charge is 2.17. The number of hydrogen-bond donors (Lipinski definition) is 0. The van der Waals surface area contributed by atoms with Crippen LogP contribution in [0.15, 0.2) is 24.8 Å². The quantitative estimate of drug-likeness (QED) is 0.744. The van der Waals surface area contributed by atoms with Gasteiger partial charge in [0.25, 0.3) is 6.43 Å². The summed E-state index contributed by atoms with van der Waals surface area (Å²) in [4.78, 5) is 8.01. The zero-order valence-electron chi connectivity index (χ0n) is 10.4. The fourth-order valence-electron chi connectivity index (χ4n) is 2.01. The van der Waals surface area contributed by atoms with Crippen LogP contribution in [-0.4, -0.2) is 30.6 Å². The van der Waals surface area contributed by atoms with E-state index in [1.54, 1.807) is 10.6 Å². The van der Waals surface area contributed by atoms with Crippen LogP contribution in [0.1, 0.15) is 5.69 Å². The number of nitriles is 1. The van der Waals surface area contributed by atoms with E-state index < -0.39 is 13.0 Å². The number of rotatable bonds is 3. The van der Waals surface area contributed by atoms with Crippen molar-refractivity contribution in [2.75, 3.05) is 0 Å². The van der Waals surface area contributed by atoms with E-state index in [0.717, 1.165) is 4.68 Å². The van der Waals surface area contributed by atoms with E-state index in [2.05, 4.69) is 15.1 Å². The van der Waals surface area contributed by atoms with Gasteiger partial charge in [-0.25, -0.2) is 18.7 Å². The Kier molecular flexibility index (Phi) is 3.27. The van der Waals surface area contributed by atoms with Gasteiger partial charge in [0.1, 0.15) is 12.6 Å². The third-order valence-electron chi connectivity index (χ3n) is 2.85. The molecule has 3 rings (SSSR count). The zero-order valence-corrected chi connectivity index (χ0v) is 11.2. The summed E-state index contributed by atoms with van der Waals surface area (Å²) < 4.78 is 27.5. The van der Waals surface area contributed by atoms with Gasteiger partial charge in [0.05, 0.1) is 17.5 Å². The topological polar surface area (TPSA) is 71.8 Å². The number of fused-ring (bicyclic) bond motifs is 1. The Morgan fingerprint density at radius 1 is 1.38 bits per heavy atom. The Morgan fingerprint density at radius 2 is 2.19 bits per heavy atom. The van der Waals surface area contributed by atoms with E-state index in [1.807, 2.05) is 6.07 Å². The van der Waals surface area contributed by atoms with Crippen LogP contribution in [0.4, 0.5) is 8.78 Å². The van der Waals surface area contributed by atoms with Crippen molar-refractivity contribution in [1.82, 2.24) is 24.1 Å². The van der Waals surface area contributed by atoms with Crippen molar-refractivity contribution in [3.05, 3.63) is 35.6 Å². The summed E-state index contributed by atoms with van der Waals surface area (Å²) in [6, 6.07) is 1.89. The molecular formula is C12H7ClF2N6. The summed E-state index contributed by atoms with van der Waals surface area (Å²) in [5.41, 5.74) is 1.41. The van der Waals surface area contributed by atoms with E-state index in [4.69, 9.17) is 16.9 Å². The molecule has 0 fully saturated rings. The first-order valence-corrected chi connectivity index (χ1v) is 6.21. The molecule has 21 heavy (non-hydrogen) atoms.